The standard InChI is InChI=1S/C14H19N3OS/c1-4-5-19-8-12-16-14(18-17-12)11-7-9(2)6-10(3)13(11)15/h6-7H,4-5,8,15H2,1-3H3. The van der Waals surface area contributed by atoms with Crippen LogP contribution in [0.25, 0.3) is 11.5 Å². The van der Waals surface area contributed by atoms with Crippen molar-refractivity contribution in [3.05, 3.63) is 29.1 Å². The maximum Gasteiger partial charge on any atom is 0.260 e. The van der Waals surface area contributed by atoms with Crippen LogP contribution in [0.2, 0.25) is 0 Å². The first-order chi connectivity index (χ1) is 9.11. The van der Waals surface area contributed by atoms with E-state index in [4.69, 9.17) is 10.3 Å². The van der Waals surface area contributed by atoms with Gasteiger partial charge in [-0.2, -0.15) is 16.7 Å². The van der Waals surface area contributed by atoms with Crippen LogP contribution in [0.4, 0.5) is 5.69 Å². The average molecular weight is 277 g/mol. The van der Waals surface area contributed by atoms with Gasteiger partial charge in [0.25, 0.3) is 5.89 Å². The molecule has 0 unspecified atom stereocenters. The maximum atomic E-state index is 6.08. The van der Waals surface area contributed by atoms with Gasteiger partial charge in [0.2, 0.25) is 0 Å². The van der Waals surface area contributed by atoms with Crippen molar-refractivity contribution >= 4 is 17.4 Å². The molecule has 102 valence electrons. The lowest BCUT2D eigenvalue weighted by Crippen LogP contribution is -1.95. The Morgan fingerprint density at radius 1 is 1.32 bits per heavy atom. The summed E-state index contributed by atoms with van der Waals surface area (Å²) in [5.41, 5.74) is 9.80. The van der Waals surface area contributed by atoms with Crippen molar-refractivity contribution in [2.75, 3.05) is 11.5 Å². The van der Waals surface area contributed by atoms with Gasteiger partial charge < -0.3 is 10.3 Å². The molecule has 1 aromatic heterocycles. The van der Waals surface area contributed by atoms with Gasteiger partial charge in [-0.25, -0.2) is 0 Å². The van der Waals surface area contributed by atoms with Crippen LogP contribution in [0.1, 0.15) is 30.3 Å². The molecule has 0 saturated heterocycles. The van der Waals surface area contributed by atoms with E-state index in [0.717, 1.165) is 40.4 Å². The Balaban J connectivity index is 2.23. The smallest absolute Gasteiger partial charge is 0.260 e. The second kappa shape index (κ2) is 6.10. The molecule has 0 fully saturated rings. The Hall–Kier alpha value is -1.49. The molecule has 0 aliphatic rings. The first kappa shape index (κ1) is 13.9. The number of thioether (sulfide) groups is 1. The van der Waals surface area contributed by atoms with Crippen molar-refractivity contribution in [1.29, 1.82) is 0 Å². The lowest BCUT2D eigenvalue weighted by atomic mass is 10.0. The number of hydrogen-bond donors (Lipinski definition) is 1. The number of benzene rings is 1. The lowest BCUT2D eigenvalue weighted by molar-refractivity contribution is 0.425. The highest BCUT2D eigenvalue weighted by atomic mass is 32.2. The monoisotopic (exact) mass is 277 g/mol. The van der Waals surface area contributed by atoms with Gasteiger partial charge in [0.15, 0.2) is 5.82 Å². The van der Waals surface area contributed by atoms with Gasteiger partial charge in [0.1, 0.15) is 0 Å². The molecule has 2 N–H and O–H groups in total. The Kier molecular flexibility index (Phi) is 4.47. The van der Waals surface area contributed by atoms with E-state index in [2.05, 4.69) is 17.1 Å². The molecular weight excluding hydrogens is 258 g/mol. The van der Waals surface area contributed by atoms with Crippen molar-refractivity contribution in [2.24, 2.45) is 0 Å². The fourth-order valence-corrected chi connectivity index (χ4v) is 2.62. The molecule has 0 radical (unpaired) electrons. The van der Waals surface area contributed by atoms with Crippen LogP contribution in [0.3, 0.4) is 0 Å². The van der Waals surface area contributed by atoms with Crippen molar-refractivity contribution < 1.29 is 4.52 Å². The fourth-order valence-electron chi connectivity index (χ4n) is 1.89. The molecule has 4 nitrogen and oxygen atoms in total. The number of nitrogens with zero attached hydrogens (tertiary/aromatic N) is 2. The number of nitrogen functional groups attached to an aromatic ring is 1. The van der Waals surface area contributed by atoms with E-state index in [-0.39, 0.29) is 0 Å². The fraction of sp³-hybridized carbons (Fsp3) is 0.429. The molecule has 0 aliphatic heterocycles. The quantitative estimate of drug-likeness (QED) is 0.668. The summed E-state index contributed by atoms with van der Waals surface area (Å²) in [7, 11) is 0. The zero-order chi connectivity index (χ0) is 13.8. The largest absolute Gasteiger partial charge is 0.398 e. The first-order valence-corrected chi connectivity index (χ1v) is 7.54. The van der Waals surface area contributed by atoms with Crippen molar-refractivity contribution in [2.45, 2.75) is 32.9 Å². The molecule has 0 amide bonds. The number of rotatable bonds is 5. The zero-order valence-electron chi connectivity index (χ0n) is 11.6. The average Bonchev–Trinajstić information content (AvgIpc) is 2.83. The van der Waals surface area contributed by atoms with Crippen LogP contribution < -0.4 is 5.73 Å². The highest BCUT2D eigenvalue weighted by Gasteiger charge is 2.13. The van der Waals surface area contributed by atoms with Gasteiger partial charge in [-0.3, -0.25) is 0 Å². The maximum absolute atomic E-state index is 6.08. The number of nitrogens with two attached hydrogens (primary N) is 1. The van der Waals surface area contributed by atoms with Crippen LogP contribution in [0, 0.1) is 13.8 Å². The molecule has 0 atom stereocenters. The van der Waals surface area contributed by atoms with Crippen molar-refractivity contribution in [3.8, 4) is 11.5 Å². The molecule has 1 aromatic carbocycles. The van der Waals surface area contributed by atoms with Crippen LogP contribution in [-0.2, 0) is 5.75 Å². The predicted molar refractivity (Wildman–Crippen MR) is 80.1 cm³/mol. The summed E-state index contributed by atoms with van der Waals surface area (Å²) in [4.78, 5) is 4.42. The molecule has 1 heterocycles. The Bertz CT molecular complexity index is 566. The minimum atomic E-state index is 0.511. The first-order valence-electron chi connectivity index (χ1n) is 6.39. The third-order valence-corrected chi connectivity index (χ3v) is 3.97. The van der Waals surface area contributed by atoms with E-state index in [1.807, 2.05) is 37.7 Å². The third-order valence-electron chi connectivity index (χ3n) is 2.81. The zero-order valence-corrected chi connectivity index (χ0v) is 12.4. The summed E-state index contributed by atoms with van der Waals surface area (Å²) >= 11 is 1.81. The molecule has 0 spiro atoms. The topological polar surface area (TPSA) is 64.9 Å². The van der Waals surface area contributed by atoms with Gasteiger partial charge in [0, 0.05) is 5.69 Å². The summed E-state index contributed by atoms with van der Waals surface area (Å²) in [6.07, 6.45) is 1.15. The summed E-state index contributed by atoms with van der Waals surface area (Å²) in [5.74, 6) is 3.13. The van der Waals surface area contributed by atoms with Crippen LogP contribution in [0.5, 0.6) is 0 Å². The summed E-state index contributed by atoms with van der Waals surface area (Å²) in [6.45, 7) is 6.18. The highest BCUT2D eigenvalue weighted by Crippen LogP contribution is 2.29. The van der Waals surface area contributed by atoms with Crippen LogP contribution in [0.15, 0.2) is 16.7 Å². The van der Waals surface area contributed by atoms with E-state index < -0.39 is 0 Å². The lowest BCUT2D eigenvalue weighted by Gasteiger charge is -2.06. The summed E-state index contributed by atoms with van der Waals surface area (Å²) in [6, 6.07) is 4.03. The Morgan fingerprint density at radius 3 is 2.84 bits per heavy atom. The molecule has 5 heteroatoms. The molecule has 2 aromatic rings. The summed E-state index contributed by atoms with van der Waals surface area (Å²) < 4.78 is 5.32. The second-order valence-electron chi connectivity index (χ2n) is 4.61. The van der Waals surface area contributed by atoms with Gasteiger partial charge in [-0.15, -0.1) is 0 Å². The predicted octanol–water partition coefficient (Wildman–Crippen LogP) is 3.58. The number of aryl methyl sites for hydroxylation is 2. The van der Waals surface area contributed by atoms with E-state index in [1.54, 1.807) is 0 Å². The van der Waals surface area contributed by atoms with Crippen LogP contribution in [-0.4, -0.2) is 15.9 Å². The van der Waals surface area contributed by atoms with Gasteiger partial charge >= 0.3 is 0 Å². The van der Waals surface area contributed by atoms with E-state index in [0.29, 0.717) is 11.6 Å². The van der Waals surface area contributed by atoms with Gasteiger partial charge in [0.05, 0.1) is 11.3 Å². The van der Waals surface area contributed by atoms with E-state index in [1.165, 1.54) is 0 Å². The van der Waals surface area contributed by atoms with Crippen molar-refractivity contribution in [1.82, 2.24) is 10.1 Å². The Labute approximate surface area is 117 Å². The minimum absolute atomic E-state index is 0.511. The number of anilines is 1. The van der Waals surface area contributed by atoms with Crippen LogP contribution >= 0.6 is 11.8 Å². The van der Waals surface area contributed by atoms with E-state index in [9.17, 15) is 0 Å². The number of hydrogen-bond acceptors (Lipinski definition) is 5. The van der Waals surface area contributed by atoms with Gasteiger partial charge in [-0.05, 0) is 43.2 Å². The van der Waals surface area contributed by atoms with Crippen molar-refractivity contribution in [3.63, 3.8) is 0 Å². The van der Waals surface area contributed by atoms with E-state index >= 15 is 0 Å². The number of aromatic nitrogens is 2. The third kappa shape index (κ3) is 3.29. The SMILES string of the molecule is CCCSCc1noc(-c2cc(C)cc(C)c2N)n1. The molecule has 2 rings (SSSR count). The molecule has 19 heavy (non-hydrogen) atoms. The summed E-state index contributed by atoms with van der Waals surface area (Å²) in [5, 5.41) is 4.00. The highest BCUT2D eigenvalue weighted by molar-refractivity contribution is 7.98. The second-order valence-corrected chi connectivity index (χ2v) is 5.72. The molecule has 0 saturated carbocycles. The normalized spacial score (nSPS) is 10.9. The van der Waals surface area contributed by atoms with Gasteiger partial charge in [-0.1, -0.05) is 18.1 Å². The molecule has 0 aliphatic carbocycles. The molecular formula is C14H19N3OS. The molecule has 0 bridgehead atoms. The minimum Gasteiger partial charge on any atom is -0.398 e. The Morgan fingerprint density at radius 2 is 2.11 bits per heavy atom.